The number of fused-ring (bicyclic) bond motifs is 1. The average molecular weight is 541 g/mol. The Balaban J connectivity index is 1.37. The number of esters is 1. The number of pyridine rings is 2. The Bertz CT molecular complexity index is 1420. The van der Waals surface area contributed by atoms with Crippen molar-refractivity contribution in [2.75, 3.05) is 31.3 Å². The fourth-order valence-electron chi connectivity index (χ4n) is 3.90. The van der Waals surface area contributed by atoms with Crippen LogP contribution in [0.5, 0.6) is 11.5 Å². The second-order valence-corrected chi connectivity index (χ2v) is 10.0. The largest absolute Gasteiger partial charge is 0.468 e. The van der Waals surface area contributed by atoms with Crippen molar-refractivity contribution in [1.29, 1.82) is 0 Å². The number of carbonyl (C=O) groups is 2. The number of piperidine rings is 1. The van der Waals surface area contributed by atoms with E-state index in [2.05, 4.69) is 29.7 Å². The first-order chi connectivity index (χ1) is 18.0. The number of nitrogens with one attached hydrogen (secondary N) is 1. The highest BCUT2D eigenvalue weighted by molar-refractivity contribution is 8.00. The van der Waals surface area contributed by atoms with Crippen LogP contribution in [-0.4, -0.2) is 71.7 Å². The van der Waals surface area contributed by atoms with E-state index >= 15 is 0 Å². The third-order valence-corrected chi connectivity index (χ3v) is 7.45. The predicted octanol–water partition coefficient (Wildman–Crippen LogP) is 3.50. The minimum atomic E-state index is -0.335. The minimum absolute atomic E-state index is 0.0978. The van der Waals surface area contributed by atoms with Crippen LogP contribution in [0.2, 0.25) is 0 Å². The zero-order chi connectivity index (χ0) is 25.8. The van der Waals surface area contributed by atoms with E-state index in [1.54, 1.807) is 36.0 Å². The summed E-state index contributed by atoms with van der Waals surface area (Å²) in [7, 11) is 1.35. The van der Waals surface area contributed by atoms with E-state index in [0.717, 1.165) is 23.6 Å². The number of amides is 1. The normalized spacial score (nSPS) is 14.1. The Morgan fingerprint density at radius 2 is 2.08 bits per heavy atom. The Morgan fingerprint density at radius 3 is 2.86 bits per heavy atom. The number of nitrogens with zero attached hydrogens (tertiary/aromatic N) is 7. The van der Waals surface area contributed by atoms with Crippen molar-refractivity contribution in [2.24, 2.45) is 0 Å². The summed E-state index contributed by atoms with van der Waals surface area (Å²) in [4.78, 5) is 39.3. The molecular formula is C23H24N8O4S2. The van der Waals surface area contributed by atoms with E-state index in [4.69, 9.17) is 9.47 Å². The number of aromatic nitrogens is 6. The molecule has 0 saturated carbocycles. The van der Waals surface area contributed by atoms with Gasteiger partial charge in [0.2, 0.25) is 11.0 Å². The van der Waals surface area contributed by atoms with E-state index in [-0.39, 0.29) is 23.5 Å². The van der Waals surface area contributed by atoms with E-state index in [9.17, 15) is 9.59 Å². The van der Waals surface area contributed by atoms with Gasteiger partial charge in [0.25, 0.3) is 0 Å². The molecule has 0 spiro atoms. The molecule has 12 nitrogen and oxygen atoms in total. The maximum atomic E-state index is 11.6. The summed E-state index contributed by atoms with van der Waals surface area (Å²) < 4.78 is 17.1. The molecule has 0 atom stereocenters. The van der Waals surface area contributed by atoms with Gasteiger partial charge in [0.1, 0.15) is 12.2 Å². The first kappa shape index (κ1) is 24.9. The van der Waals surface area contributed by atoms with Gasteiger partial charge in [-0.05, 0) is 31.0 Å². The predicted molar refractivity (Wildman–Crippen MR) is 137 cm³/mol. The summed E-state index contributed by atoms with van der Waals surface area (Å²) in [5.41, 5.74) is 0.552. The standard InChI is InChI=1S/C23H24N8O4S2/c1-14(32)30-8-5-15(6-9-30)20-27-23(37-29-20)28-21-18(10-16(11-24-21)36-12-19(33)34-2)35-17-4-3-7-31-22(17)25-13-26-31/h3-4,7,10-11,13,15H,5-6,8-9,12H2,1-2H3,(H,24,27,28,29). The van der Waals surface area contributed by atoms with E-state index in [0.29, 0.717) is 41.2 Å². The monoisotopic (exact) mass is 540 g/mol. The highest BCUT2D eigenvalue weighted by atomic mass is 32.2. The van der Waals surface area contributed by atoms with Gasteiger partial charge in [0.15, 0.2) is 23.0 Å². The number of carbonyl (C=O) groups excluding carboxylic acids is 2. The molecule has 1 saturated heterocycles. The van der Waals surface area contributed by atoms with Gasteiger partial charge >= 0.3 is 5.97 Å². The van der Waals surface area contributed by atoms with Crippen LogP contribution < -0.4 is 10.1 Å². The van der Waals surface area contributed by atoms with Crippen molar-refractivity contribution < 1.29 is 19.1 Å². The Hall–Kier alpha value is -3.78. The van der Waals surface area contributed by atoms with Gasteiger partial charge in [-0.25, -0.2) is 19.5 Å². The summed E-state index contributed by atoms with van der Waals surface area (Å²) in [5.74, 6) is 2.24. The molecule has 4 aromatic rings. The highest BCUT2D eigenvalue weighted by Crippen LogP contribution is 2.36. The zero-order valence-electron chi connectivity index (χ0n) is 20.2. The molecule has 0 aromatic carbocycles. The van der Waals surface area contributed by atoms with Crippen LogP contribution in [0.4, 0.5) is 10.9 Å². The molecule has 14 heteroatoms. The lowest BCUT2D eigenvalue weighted by Gasteiger charge is -2.29. The summed E-state index contributed by atoms with van der Waals surface area (Å²) in [6.07, 6.45) is 6.54. The molecule has 5 heterocycles. The lowest BCUT2D eigenvalue weighted by atomic mass is 9.96. The summed E-state index contributed by atoms with van der Waals surface area (Å²) in [5, 5.41) is 7.95. The van der Waals surface area contributed by atoms with Crippen molar-refractivity contribution in [3.63, 3.8) is 0 Å². The van der Waals surface area contributed by atoms with Crippen LogP contribution in [0, 0.1) is 0 Å². The van der Waals surface area contributed by atoms with E-state index < -0.39 is 0 Å². The molecule has 0 radical (unpaired) electrons. The van der Waals surface area contributed by atoms with Crippen LogP contribution >= 0.6 is 23.3 Å². The second-order valence-electron chi connectivity index (χ2n) is 8.25. The fraction of sp³-hybridized carbons (Fsp3) is 0.348. The molecule has 0 unspecified atom stereocenters. The smallest absolute Gasteiger partial charge is 0.315 e. The van der Waals surface area contributed by atoms with Gasteiger partial charge in [-0.15, -0.1) is 11.8 Å². The maximum absolute atomic E-state index is 11.6. The van der Waals surface area contributed by atoms with Crippen molar-refractivity contribution in [1.82, 2.24) is 33.8 Å². The van der Waals surface area contributed by atoms with Gasteiger partial charge in [-0.2, -0.15) is 9.47 Å². The van der Waals surface area contributed by atoms with E-state index in [1.807, 2.05) is 11.0 Å². The molecule has 1 N–H and O–H groups in total. The second kappa shape index (κ2) is 11.1. The lowest BCUT2D eigenvalue weighted by Crippen LogP contribution is -2.36. The molecule has 192 valence electrons. The maximum Gasteiger partial charge on any atom is 0.315 e. The van der Waals surface area contributed by atoms with Crippen LogP contribution in [0.3, 0.4) is 0 Å². The molecule has 1 amide bonds. The zero-order valence-corrected chi connectivity index (χ0v) is 21.8. The van der Waals surface area contributed by atoms with Crippen molar-refractivity contribution in [3.05, 3.63) is 42.7 Å². The van der Waals surface area contributed by atoms with Crippen LogP contribution in [0.25, 0.3) is 5.65 Å². The first-order valence-corrected chi connectivity index (χ1v) is 13.3. The number of thioether (sulfide) groups is 1. The van der Waals surface area contributed by atoms with Gasteiger partial charge in [0, 0.05) is 54.8 Å². The molecule has 0 bridgehead atoms. The number of rotatable bonds is 8. The van der Waals surface area contributed by atoms with Gasteiger partial charge in [-0.1, -0.05) is 0 Å². The number of hydrogen-bond donors (Lipinski definition) is 1. The molecule has 0 aliphatic carbocycles. The molecule has 37 heavy (non-hydrogen) atoms. The van der Waals surface area contributed by atoms with Gasteiger partial charge in [0.05, 0.1) is 12.9 Å². The summed E-state index contributed by atoms with van der Waals surface area (Å²) in [6, 6.07) is 5.39. The molecule has 4 aromatic heterocycles. The van der Waals surface area contributed by atoms with Crippen molar-refractivity contribution >= 4 is 51.8 Å². The van der Waals surface area contributed by atoms with Gasteiger partial charge in [-0.3, -0.25) is 9.59 Å². The number of anilines is 2. The SMILES string of the molecule is COC(=O)CSc1cnc(Nc2nc(C3CCN(C(C)=O)CC3)ns2)c(Oc2cccn3ncnc23)c1. The lowest BCUT2D eigenvalue weighted by molar-refractivity contribution is -0.137. The van der Waals surface area contributed by atoms with Crippen LogP contribution in [0.15, 0.2) is 41.8 Å². The van der Waals surface area contributed by atoms with Gasteiger partial charge < -0.3 is 19.7 Å². The minimum Gasteiger partial charge on any atom is -0.468 e. The first-order valence-electron chi connectivity index (χ1n) is 11.5. The molecule has 1 aliphatic heterocycles. The summed E-state index contributed by atoms with van der Waals surface area (Å²) in [6.45, 7) is 3.01. The van der Waals surface area contributed by atoms with Crippen LogP contribution in [-0.2, 0) is 14.3 Å². The Kier molecular flexibility index (Phi) is 7.46. The quantitative estimate of drug-likeness (QED) is 0.260. The topological polar surface area (TPSA) is 137 Å². The molecular weight excluding hydrogens is 516 g/mol. The van der Waals surface area contributed by atoms with E-state index in [1.165, 1.54) is 36.7 Å². The summed E-state index contributed by atoms with van der Waals surface area (Å²) >= 11 is 2.54. The number of hydrogen-bond acceptors (Lipinski definition) is 12. The molecule has 1 fully saturated rings. The van der Waals surface area contributed by atoms with Crippen LogP contribution in [0.1, 0.15) is 31.5 Å². The third-order valence-electron chi connectivity index (χ3n) is 5.87. The highest BCUT2D eigenvalue weighted by Gasteiger charge is 2.25. The Morgan fingerprint density at radius 1 is 1.24 bits per heavy atom. The van der Waals surface area contributed by atoms with Crippen molar-refractivity contribution in [3.8, 4) is 11.5 Å². The number of ether oxygens (including phenoxy) is 2. The number of likely N-dealkylation sites (tertiary alicyclic amines) is 1. The third kappa shape index (κ3) is 5.80. The Labute approximate surface area is 220 Å². The van der Waals surface area contributed by atoms with Crippen molar-refractivity contribution in [2.45, 2.75) is 30.6 Å². The average Bonchev–Trinajstić information content (AvgIpc) is 3.59. The number of methoxy groups -OCH3 is 1. The molecule has 1 aliphatic rings. The molecule has 5 rings (SSSR count). The fourth-order valence-corrected chi connectivity index (χ4v) is 5.27.